The van der Waals surface area contributed by atoms with E-state index in [4.69, 9.17) is 98.0 Å². The Labute approximate surface area is 400 Å². The Morgan fingerprint density at radius 2 is 0.955 bits per heavy atom. The molecule has 11 rings (SSSR count). The Morgan fingerprint density at radius 1 is 0.448 bits per heavy atom. The SMILES string of the molecule is [B]c1c([B])c([B])c(C(N)=NC(=NCc2cccc3oc4ccc(-c5cccc6oc7ccc(-c8ccc9c(c8)Cc8ccccc8-9)cc7c56)cc4c23)c2c([B])c([B])c([B])c([B])c2[B])c([B])c1[B]. The molecule has 1 aliphatic carbocycles. The zero-order valence-electron chi connectivity index (χ0n) is 35.9. The van der Waals surface area contributed by atoms with Crippen LogP contribution >= 0.6 is 0 Å². The standard InChI is InChI=1S/C52H25B10N3O2/c53-41-39(42(54)46(58)49(61)45(41)57)51(63)65-52(40-43(55)47(59)50(62)48(60)44(40)56)64-21-26-6-3-9-35-37(26)31-20-25(13-16-33(31)66-35)30-8-4-10-36-38(30)32-19-23(12-15-34(32)67-36)22-11-14-29-27(17-22)18-24-5-1-2-7-28(24)29/h1-17,19-20H,18,21H2,(H2,63,64,65). The van der Waals surface area contributed by atoms with Crippen molar-refractivity contribution >= 4 is 189 Å². The topological polar surface area (TPSA) is 77.0 Å². The average Bonchev–Trinajstić information content (AvgIpc) is 4.04. The number of fused-ring (bicyclic) bond motifs is 9. The molecule has 1 aliphatic rings. The minimum absolute atomic E-state index is 0.00941. The summed E-state index contributed by atoms with van der Waals surface area (Å²) in [6.07, 6.45) is 0.918. The maximum Gasteiger partial charge on any atom is 0.156 e. The molecular weight excluding hydrogens is 807 g/mol. The average molecular weight is 832 g/mol. The van der Waals surface area contributed by atoms with Crippen LogP contribution < -0.4 is 60.4 Å². The second-order valence-corrected chi connectivity index (χ2v) is 16.8. The van der Waals surface area contributed by atoms with Crippen molar-refractivity contribution in [2.45, 2.75) is 13.0 Å². The van der Waals surface area contributed by atoms with Crippen LogP contribution in [0.25, 0.3) is 77.3 Å². The van der Waals surface area contributed by atoms with Crippen molar-refractivity contribution in [1.29, 1.82) is 0 Å². The van der Waals surface area contributed by atoms with Crippen LogP contribution in [0.5, 0.6) is 0 Å². The van der Waals surface area contributed by atoms with Crippen molar-refractivity contribution < 1.29 is 8.83 Å². The van der Waals surface area contributed by atoms with Crippen molar-refractivity contribution in [2.24, 2.45) is 15.7 Å². The summed E-state index contributed by atoms with van der Waals surface area (Å²) in [4.78, 5) is 9.62. The van der Waals surface area contributed by atoms with Crippen LogP contribution in [0, 0.1) is 0 Å². The van der Waals surface area contributed by atoms with Gasteiger partial charge in [-0.1, -0.05) is 101 Å². The number of benzene rings is 8. The summed E-state index contributed by atoms with van der Waals surface area (Å²) in [6, 6.07) is 39.8. The molecule has 2 heterocycles. The molecule has 5 nitrogen and oxygen atoms in total. The van der Waals surface area contributed by atoms with Crippen LogP contribution in [0.15, 0.2) is 134 Å². The molecule has 0 aliphatic heterocycles. The summed E-state index contributed by atoms with van der Waals surface area (Å²) in [5.41, 5.74) is 19.9. The van der Waals surface area contributed by atoms with Gasteiger partial charge >= 0.3 is 0 Å². The van der Waals surface area contributed by atoms with E-state index in [-0.39, 0.29) is 84.0 Å². The first-order chi connectivity index (χ1) is 32.3. The lowest BCUT2D eigenvalue weighted by atomic mass is 9.60. The van der Waals surface area contributed by atoms with E-state index in [0.29, 0.717) is 11.2 Å². The third-order valence-corrected chi connectivity index (χ3v) is 13.0. The minimum Gasteiger partial charge on any atom is -0.456 e. The summed E-state index contributed by atoms with van der Waals surface area (Å²) in [6.45, 7) is 0.0296. The lowest BCUT2D eigenvalue weighted by Crippen LogP contribution is -2.58. The van der Waals surface area contributed by atoms with E-state index < -0.39 is 0 Å². The maximum absolute atomic E-state index is 6.62. The van der Waals surface area contributed by atoms with Crippen LogP contribution in [0.4, 0.5) is 0 Å². The van der Waals surface area contributed by atoms with E-state index in [1.165, 1.54) is 22.3 Å². The number of hydrogen-bond acceptors (Lipinski definition) is 3. The number of hydrogen-bond donors (Lipinski definition) is 1. The summed E-state index contributed by atoms with van der Waals surface area (Å²) < 4.78 is 12.9. The highest BCUT2D eigenvalue weighted by atomic mass is 16.3. The molecule has 0 saturated heterocycles. The van der Waals surface area contributed by atoms with Gasteiger partial charge in [0.1, 0.15) is 107 Å². The van der Waals surface area contributed by atoms with Gasteiger partial charge in [-0.25, -0.2) is 4.99 Å². The van der Waals surface area contributed by atoms with Gasteiger partial charge in [-0.3, -0.25) is 4.99 Å². The zero-order chi connectivity index (χ0) is 46.6. The summed E-state index contributed by atoms with van der Waals surface area (Å²) in [5, 5.41) is 3.71. The second kappa shape index (κ2) is 16.2. The molecular formula is C52H25B10N3O2. The summed E-state index contributed by atoms with van der Waals surface area (Å²) in [5.74, 6) is -0.255. The Balaban J connectivity index is 1.03. The van der Waals surface area contributed by atoms with Gasteiger partial charge in [0.15, 0.2) is 5.84 Å². The van der Waals surface area contributed by atoms with E-state index >= 15 is 0 Å². The highest BCUT2D eigenvalue weighted by Crippen LogP contribution is 2.42. The Kier molecular flexibility index (Phi) is 10.3. The molecule has 0 saturated carbocycles. The largest absolute Gasteiger partial charge is 0.456 e. The molecule has 0 unspecified atom stereocenters. The van der Waals surface area contributed by atoms with E-state index in [9.17, 15) is 0 Å². The van der Waals surface area contributed by atoms with E-state index in [0.717, 1.165) is 66.9 Å². The first kappa shape index (κ1) is 42.8. The van der Waals surface area contributed by atoms with Gasteiger partial charge in [0.05, 0.1) is 6.54 Å². The fraction of sp³-hybridized carbons (Fsp3) is 0.0385. The second-order valence-electron chi connectivity index (χ2n) is 16.8. The van der Waals surface area contributed by atoms with E-state index in [1.807, 2.05) is 36.4 Å². The Hall–Kier alpha value is -6.85. The molecule has 0 fully saturated rings. The van der Waals surface area contributed by atoms with Gasteiger partial charge < -0.3 is 14.6 Å². The highest BCUT2D eigenvalue weighted by Gasteiger charge is 2.22. The molecule has 2 N–H and O–H groups in total. The van der Waals surface area contributed by atoms with Gasteiger partial charge in [-0.05, 0) is 92.9 Å². The predicted octanol–water partition coefficient (Wildman–Crippen LogP) is 0.681. The van der Waals surface area contributed by atoms with Crippen LogP contribution in [-0.4, -0.2) is 90.1 Å². The predicted molar refractivity (Wildman–Crippen MR) is 288 cm³/mol. The molecule has 290 valence electrons. The molecule has 8 aromatic carbocycles. The number of rotatable bonds is 6. The quantitative estimate of drug-likeness (QED) is 0.152. The number of furan rings is 2. The van der Waals surface area contributed by atoms with Crippen molar-refractivity contribution in [3.05, 3.63) is 143 Å². The lowest BCUT2D eigenvalue weighted by molar-refractivity contribution is 0.668. The number of amidine groups is 2. The number of nitrogens with two attached hydrogens (primary N) is 1. The van der Waals surface area contributed by atoms with Crippen LogP contribution in [0.1, 0.15) is 27.8 Å². The molecule has 67 heavy (non-hydrogen) atoms. The molecule has 10 aromatic rings. The molecule has 0 spiro atoms. The fourth-order valence-corrected chi connectivity index (χ4v) is 9.49. The third-order valence-electron chi connectivity index (χ3n) is 13.0. The zero-order valence-corrected chi connectivity index (χ0v) is 35.9. The smallest absolute Gasteiger partial charge is 0.156 e. The van der Waals surface area contributed by atoms with Crippen molar-refractivity contribution in [3.8, 4) is 33.4 Å². The van der Waals surface area contributed by atoms with Crippen molar-refractivity contribution in [3.63, 3.8) is 0 Å². The van der Waals surface area contributed by atoms with Crippen LogP contribution in [0.3, 0.4) is 0 Å². The molecule has 15 heteroatoms. The lowest BCUT2D eigenvalue weighted by Gasteiger charge is -2.22. The first-order valence-electron chi connectivity index (χ1n) is 21.3. The third kappa shape index (κ3) is 6.83. The molecule has 2 aromatic heterocycles. The van der Waals surface area contributed by atoms with Gasteiger partial charge in [0, 0.05) is 32.7 Å². The summed E-state index contributed by atoms with van der Waals surface area (Å²) in [7, 11) is 63.1. The van der Waals surface area contributed by atoms with Gasteiger partial charge in [0.2, 0.25) is 0 Å². The monoisotopic (exact) mass is 833 g/mol. The Bertz CT molecular complexity index is 3800. The minimum atomic E-state index is -0.206. The summed E-state index contributed by atoms with van der Waals surface area (Å²) >= 11 is 0. The van der Waals surface area contributed by atoms with E-state index in [1.54, 1.807) is 0 Å². The molecule has 20 radical (unpaired) electrons. The number of nitrogens with zero attached hydrogens (tertiary/aromatic N) is 2. The van der Waals surface area contributed by atoms with Gasteiger partial charge in [-0.15, -0.1) is 32.8 Å². The van der Waals surface area contributed by atoms with Crippen LogP contribution in [-0.2, 0) is 13.0 Å². The molecule has 0 amide bonds. The maximum atomic E-state index is 6.62. The normalized spacial score (nSPS) is 12.7. The molecule has 0 bridgehead atoms. The van der Waals surface area contributed by atoms with Crippen molar-refractivity contribution in [2.75, 3.05) is 0 Å². The first-order valence-corrected chi connectivity index (χ1v) is 21.3. The Morgan fingerprint density at radius 3 is 1.64 bits per heavy atom. The fourth-order valence-electron chi connectivity index (χ4n) is 9.49. The molecule has 0 atom stereocenters. The van der Waals surface area contributed by atoms with E-state index in [2.05, 4.69) is 83.9 Å². The van der Waals surface area contributed by atoms with Crippen LogP contribution in [0.2, 0.25) is 0 Å². The van der Waals surface area contributed by atoms with Gasteiger partial charge in [0.25, 0.3) is 0 Å². The van der Waals surface area contributed by atoms with Gasteiger partial charge in [-0.2, -0.15) is 0 Å². The number of aliphatic imine (C=N–C) groups is 2. The highest BCUT2D eigenvalue weighted by molar-refractivity contribution is 6.70. The van der Waals surface area contributed by atoms with Crippen molar-refractivity contribution in [1.82, 2.24) is 0 Å².